The van der Waals surface area contributed by atoms with Gasteiger partial charge < -0.3 is 15.2 Å². The van der Waals surface area contributed by atoms with Gasteiger partial charge in [-0.05, 0) is 50.0 Å². The van der Waals surface area contributed by atoms with Crippen molar-refractivity contribution in [3.05, 3.63) is 29.5 Å². The molecule has 1 heterocycles. The van der Waals surface area contributed by atoms with Crippen LogP contribution in [0.2, 0.25) is 5.02 Å². The molecule has 0 atom stereocenters. The predicted molar refractivity (Wildman–Crippen MR) is 88.4 cm³/mol. The van der Waals surface area contributed by atoms with Crippen LogP contribution in [0.4, 0.5) is 5.69 Å². The van der Waals surface area contributed by atoms with E-state index in [1.165, 1.54) is 11.8 Å². The van der Waals surface area contributed by atoms with E-state index in [0.29, 0.717) is 17.1 Å². The zero-order valence-corrected chi connectivity index (χ0v) is 14.0. The molecule has 22 heavy (non-hydrogen) atoms. The van der Waals surface area contributed by atoms with Gasteiger partial charge in [-0.1, -0.05) is 11.6 Å². The van der Waals surface area contributed by atoms with Crippen molar-refractivity contribution in [3.63, 3.8) is 0 Å². The summed E-state index contributed by atoms with van der Waals surface area (Å²) in [5, 5.41) is 15.0. The van der Waals surface area contributed by atoms with E-state index < -0.39 is 0 Å². The third kappa shape index (κ3) is 4.72. The van der Waals surface area contributed by atoms with Crippen LogP contribution in [-0.4, -0.2) is 34.3 Å². The molecule has 2 rings (SSSR count). The average Bonchev–Trinajstić information content (AvgIpc) is 2.87. The van der Waals surface area contributed by atoms with Crippen molar-refractivity contribution < 1.29 is 4.79 Å². The van der Waals surface area contributed by atoms with Gasteiger partial charge in [-0.15, -0.1) is 10.2 Å². The Balaban J connectivity index is 1.97. The summed E-state index contributed by atoms with van der Waals surface area (Å²) in [5.41, 5.74) is 0.696. The molecule has 0 bridgehead atoms. The highest BCUT2D eigenvalue weighted by Gasteiger charge is 2.09. The fraction of sp³-hybridized carbons (Fsp3) is 0.357. The van der Waals surface area contributed by atoms with E-state index in [2.05, 4.69) is 20.8 Å². The van der Waals surface area contributed by atoms with Crippen molar-refractivity contribution in [2.75, 3.05) is 18.9 Å². The van der Waals surface area contributed by atoms with Crippen molar-refractivity contribution in [2.24, 2.45) is 7.05 Å². The van der Waals surface area contributed by atoms with Gasteiger partial charge >= 0.3 is 0 Å². The molecule has 0 saturated carbocycles. The number of carbonyl (C=O) groups excluding carboxylic acids is 1. The first kappa shape index (κ1) is 16.8. The maximum absolute atomic E-state index is 11.8. The highest BCUT2D eigenvalue weighted by atomic mass is 35.5. The van der Waals surface area contributed by atoms with E-state index in [0.717, 1.165) is 23.0 Å². The smallest absolute Gasteiger partial charge is 0.224 e. The summed E-state index contributed by atoms with van der Waals surface area (Å²) >= 11 is 7.70. The zero-order chi connectivity index (χ0) is 15.9. The highest BCUT2D eigenvalue weighted by Crippen LogP contribution is 2.33. The summed E-state index contributed by atoms with van der Waals surface area (Å²) in [4.78, 5) is 12.6. The van der Waals surface area contributed by atoms with Crippen LogP contribution >= 0.6 is 23.4 Å². The fourth-order valence-electron chi connectivity index (χ4n) is 1.77. The van der Waals surface area contributed by atoms with Gasteiger partial charge in [-0.2, -0.15) is 0 Å². The standard InChI is InChI=1S/C14H18ClN5OS/c1-16-7-3-4-13(21)18-10-5-6-12(11(15)8-10)22-14-19-17-9-20(14)2/h5-6,8-9,16H,3-4,7H2,1-2H3,(H,18,21). The van der Waals surface area contributed by atoms with E-state index in [-0.39, 0.29) is 5.91 Å². The third-order valence-corrected chi connectivity index (χ3v) is 4.47. The number of hydrogen-bond acceptors (Lipinski definition) is 5. The number of aryl methyl sites for hydroxylation is 1. The molecule has 0 aliphatic heterocycles. The highest BCUT2D eigenvalue weighted by molar-refractivity contribution is 7.99. The summed E-state index contributed by atoms with van der Waals surface area (Å²) in [6.07, 6.45) is 2.92. The molecule has 1 amide bonds. The van der Waals surface area contributed by atoms with E-state index in [4.69, 9.17) is 11.6 Å². The number of rotatable bonds is 7. The number of nitrogens with one attached hydrogen (secondary N) is 2. The molecule has 2 aromatic rings. The number of anilines is 1. The number of halogens is 1. The molecule has 0 aliphatic rings. The number of hydrogen-bond donors (Lipinski definition) is 2. The van der Waals surface area contributed by atoms with Gasteiger partial charge in [0, 0.05) is 24.1 Å². The number of benzene rings is 1. The zero-order valence-electron chi connectivity index (χ0n) is 12.5. The number of nitrogens with zero attached hydrogens (tertiary/aromatic N) is 3. The average molecular weight is 340 g/mol. The molecular weight excluding hydrogens is 322 g/mol. The van der Waals surface area contributed by atoms with Crippen molar-refractivity contribution in [3.8, 4) is 0 Å². The second-order valence-electron chi connectivity index (χ2n) is 4.73. The molecule has 1 aromatic heterocycles. The summed E-state index contributed by atoms with van der Waals surface area (Å²) in [5.74, 6) is -0.0139. The Morgan fingerprint density at radius 1 is 1.45 bits per heavy atom. The first-order valence-corrected chi connectivity index (χ1v) is 8.05. The molecule has 1 aromatic carbocycles. The summed E-state index contributed by atoms with van der Waals surface area (Å²) in [6, 6.07) is 5.45. The van der Waals surface area contributed by atoms with Crippen molar-refractivity contribution >= 4 is 35.0 Å². The van der Waals surface area contributed by atoms with Crippen LogP contribution in [0.5, 0.6) is 0 Å². The van der Waals surface area contributed by atoms with Gasteiger partial charge in [0.1, 0.15) is 6.33 Å². The Morgan fingerprint density at radius 2 is 2.27 bits per heavy atom. The number of aromatic nitrogens is 3. The minimum Gasteiger partial charge on any atom is -0.326 e. The molecule has 118 valence electrons. The second kappa shape index (κ2) is 8.17. The number of amides is 1. The van der Waals surface area contributed by atoms with Crippen LogP contribution in [0.3, 0.4) is 0 Å². The Bertz CT molecular complexity index is 646. The molecule has 0 radical (unpaired) electrons. The van der Waals surface area contributed by atoms with E-state index >= 15 is 0 Å². The Kier molecular flexibility index (Phi) is 6.23. The van der Waals surface area contributed by atoms with Gasteiger partial charge in [0.05, 0.1) is 5.02 Å². The number of carbonyl (C=O) groups is 1. The monoisotopic (exact) mass is 339 g/mol. The van der Waals surface area contributed by atoms with Crippen LogP contribution in [-0.2, 0) is 11.8 Å². The molecular formula is C14H18ClN5OS. The minimum atomic E-state index is -0.0139. The van der Waals surface area contributed by atoms with Crippen LogP contribution in [0.25, 0.3) is 0 Å². The van der Waals surface area contributed by atoms with Crippen molar-refractivity contribution in [1.29, 1.82) is 0 Å². The topological polar surface area (TPSA) is 71.8 Å². The minimum absolute atomic E-state index is 0.0139. The predicted octanol–water partition coefficient (Wildman–Crippen LogP) is 2.56. The lowest BCUT2D eigenvalue weighted by Crippen LogP contribution is -2.15. The van der Waals surface area contributed by atoms with Crippen LogP contribution in [0.15, 0.2) is 34.6 Å². The normalized spacial score (nSPS) is 10.7. The molecule has 0 spiro atoms. The van der Waals surface area contributed by atoms with Crippen LogP contribution < -0.4 is 10.6 Å². The Labute approximate surface area is 138 Å². The first-order chi connectivity index (χ1) is 10.6. The molecule has 0 saturated heterocycles. The van der Waals surface area contributed by atoms with Gasteiger partial charge in [-0.3, -0.25) is 4.79 Å². The summed E-state index contributed by atoms with van der Waals surface area (Å²) in [7, 11) is 3.74. The Morgan fingerprint density at radius 3 is 2.91 bits per heavy atom. The lowest BCUT2D eigenvalue weighted by molar-refractivity contribution is -0.116. The van der Waals surface area contributed by atoms with Crippen LogP contribution in [0.1, 0.15) is 12.8 Å². The molecule has 0 aliphatic carbocycles. The van der Waals surface area contributed by atoms with Gasteiger partial charge in [0.2, 0.25) is 5.91 Å². The van der Waals surface area contributed by atoms with Gasteiger partial charge in [0.25, 0.3) is 0 Å². The van der Waals surface area contributed by atoms with E-state index in [9.17, 15) is 4.79 Å². The molecule has 0 fully saturated rings. The summed E-state index contributed by atoms with van der Waals surface area (Å²) < 4.78 is 1.82. The van der Waals surface area contributed by atoms with E-state index in [1.807, 2.05) is 30.8 Å². The van der Waals surface area contributed by atoms with Crippen molar-refractivity contribution in [1.82, 2.24) is 20.1 Å². The Hall–Kier alpha value is -1.57. The third-order valence-electron chi connectivity index (χ3n) is 2.92. The van der Waals surface area contributed by atoms with E-state index in [1.54, 1.807) is 12.4 Å². The maximum atomic E-state index is 11.8. The molecule has 8 heteroatoms. The lowest BCUT2D eigenvalue weighted by atomic mass is 10.2. The quantitative estimate of drug-likeness (QED) is 0.758. The maximum Gasteiger partial charge on any atom is 0.224 e. The molecule has 2 N–H and O–H groups in total. The van der Waals surface area contributed by atoms with Gasteiger partial charge in [0.15, 0.2) is 5.16 Å². The van der Waals surface area contributed by atoms with Crippen molar-refractivity contribution in [2.45, 2.75) is 22.9 Å². The fourth-order valence-corrected chi connectivity index (χ4v) is 2.84. The largest absolute Gasteiger partial charge is 0.326 e. The SMILES string of the molecule is CNCCCC(=O)Nc1ccc(Sc2nncn2C)c(Cl)c1. The second-order valence-corrected chi connectivity index (χ2v) is 6.14. The van der Waals surface area contributed by atoms with Crippen LogP contribution in [0, 0.1) is 0 Å². The summed E-state index contributed by atoms with van der Waals surface area (Å²) in [6.45, 7) is 0.821. The first-order valence-electron chi connectivity index (χ1n) is 6.86. The van der Waals surface area contributed by atoms with Gasteiger partial charge in [-0.25, -0.2) is 0 Å². The lowest BCUT2D eigenvalue weighted by Gasteiger charge is -2.08. The molecule has 6 nitrogen and oxygen atoms in total. The molecule has 0 unspecified atom stereocenters.